The largest absolute Gasteiger partial charge is 0.378 e. The predicted octanol–water partition coefficient (Wildman–Crippen LogP) is 0.805. The molecule has 86 valence electrons. The molecule has 1 aromatic rings. The second-order valence-electron chi connectivity index (χ2n) is 3.34. The molecule has 0 aromatic carbocycles. The van der Waals surface area contributed by atoms with E-state index in [-0.39, 0.29) is 5.57 Å². The molecule has 1 fully saturated rings. The highest BCUT2D eigenvalue weighted by Gasteiger charge is 2.17. The first-order valence-electron chi connectivity index (χ1n) is 5.02. The Bertz CT molecular complexity index is 488. The molecule has 1 aliphatic heterocycles. The van der Waals surface area contributed by atoms with E-state index in [0.29, 0.717) is 18.9 Å². The van der Waals surface area contributed by atoms with Crippen molar-refractivity contribution in [1.82, 2.24) is 9.59 Å². The Morgan fingerprint density at radius 2 is 2.06 bits per heavy atom. The first-order valence-corrected chi connectivity index (χ1v) is 5.79. The van der Waals surface area contributed by atoms with Gasteiger partial charge in [-0.3, -0.25) is 0 Å². The van der Waals surface area contributed by atoms with Crippen LogP contribution in [0.25, 0.3) is 6.08 Å². The van der Waals surface area contributed by atoms with Crippen molar-refractivity contribution in [2.75, 3.05) is 31.2 Å². The molecule has 1 aliphatic rings. The van der Waals surface area contributed by atoms with E-state index in [1.807, 2.05) is 12.1 Å². The van der Waals surface area contributed by atoms with Crippen LogP contribution in [-0.2, 0) is 4.74 Å². The van der Waals surface area contributed by atoms with Crippen LogP contribution in [0, 0.1) is 22.7 Å². The molecule has 0 radical (unpaired) electrons. The molecule has 0 bridgehead atoms. The average Bonchev–Trinajstić information content (AvgIpc) is 2.85. The number of anilines is 1. The summed E-state index contributed by atoms with van der Waals surface area (Å²) in [5.74, 6) is 0. The molecule has 6 nitrogen and oxygen atoms in total. The summed E-state index contributed by atoms with van der Waals surface area (Å²) < 4.78 is 9.13. The Kier molecular flexibility index (Phi) is 3.66. The lowest BCUT2D eigenvalue weighted by molar-refractivity contribution is 0.123. The third kappa shape index (κ3) is 2.59. The van der Waals surface area contributed by atoms with E-state index in [0.717, 1.165) is 18.1 Å². The van der Waals surface area contributed by atoms with Gasteiger partial charge in [0, 0.05) is 24.6 Å². The van der Waals surface area contributed by atoms with Gasteiger partial charge in [-0.2, -0.15) is 10.5 Å². The second kappa shape index (κ2) is 5.39. The third-order valence-corrected chi connectivity index (χ3v) is 3.12. The minimum absolute atomic E-state index is 0.0345. The first kappa shape index (κ1) is 11.5. The molecule has 2 rings (SSSR count). The molecule has 0 spiro atoms. The van der Waals surface area contributed by atoms with Crippen molar-refractivity contribution in [3.63, 3.8) is 0 Å². The summed E-state index contributed by atoms with van der Waals surface area (Å²) in [6.07, 6.45) is 1.47. The molecule has 0 amide bonds. The summed E-state index contributed by atoms with van der Waals surface area (Å²) in [7, 11) is 0. The Labute approximate surface area is 103 Å². The number of ether oxygens (including phenoxy) is 1. The van der Waals surface area contributed by atoms with Crippen LogP contribution in [0.2, 0.25) is 0 Å². The summed E-state index contributed by atoms with van der Waals surface area (Å²) in [6, 6.07) is 3.63. The molecule has 1 aromatic heterocycles. The van der Waals surface area contributed by atoms with Crippen molar-refractivity contribution in [1.29, 1.82) is 10.5 Å². The van der Waals surface area contributed by atoms with Crippen molar-refractivity contribution >= 4 is 22.6 Å². The molecule has 0 aliphatic carbocycles. The topological polar surface area (TPSA) is 85.8 Å². The molecule has 0 N–H and O–H groups in total. The monoisotopic (exact) mass is 247 g/mol. The molecule has 1 saturated heterocycles. The van der Waals surface area contributed by atoms with Gasteiger partial charge < -0.3 is 9.64 Å². The van der Waals surface area contributed by atoms with Crippen molar-refractivity contribution in [3.05, 3.63) is 11.3 Å². The number of rotatable bonds is 2. The lowest BCUT2D eigenvalue weighted by Crippen LogP contribution is -2.36. The Hall–Kier alpha value is -1.96. The van der Waals surface area contributed by atoms with E-state index in [1.165, 1.54) is 17.6 Å². The van der Waals surface area contributed by atoms with Gasteiger partial charge >= 0.3 is 0 Å². The van der Waals surface area contributed by atoms with Crippen LogP contribution in [-0.4, -0.2) is 35.9 Å². The van der Waals surface area contributed by atoms with Gasteiger partial charge in [-0.25, -0.2) is 0 Å². The summed E-state index contributed by atoms with van der Waals surface area (Å²) in [5.41, 5.74) is 0.613. The van der Waals surface area contributed by atoms with Gasteiger partial charge in [-0.15, -0.1) is 5.10 Å². The van der Waals surface area contributed by atoms with E-state index in [9.17, 15) is 0 Å². The van der Waals surface area contributed by atoms with Gasteiger partial charge in [0.15, 0.2) is 0 Å². The Morgan fingerprint density at radius 3 is 2.71 bits per heavy atom. The van der Waals surface area contributed by atoms with Crippen LogP contribution in [0.4, 0.5) is 5.00 Å². The smallest absolute Gasteiger partial charge is 0.140 e. The number of nitrogens with zero attached hydrogens (tertiary/aromatic N) is 5. The highest BCUT2D eigenvalue weighted by Crippen LogP contribution is 2.25. The molecule has 17 heavy (non-hydrogen) atoms. The number of hydrogen-bond donors (Lipinski definition) is 0. The van der Waals surface area contributed by atoms with Crippen LogP contribution in [0.15, 0.2) is 5.57 Å². The number of morpholine rings is 1. The maximum atomic E-state index is 8.71. The molecule has 2 heterocycles. The van der Waals surface area contributed by atoms with Crippen molar-refractivity contribution in [2.24, 2.45) is 0 Å². The highest BCUT2D eigenvalue weighted by atomic mass is 32.1. The zero-order chi connectivity index (χ0) is 12.1. The van der Waals surface area contributed by atoms with E-state index in [1.54, 1.807) is 0 Å². The van der Waals surface area contributed by atoms with E-state index >= 15 is 0 Å². The lowest BCUT2D eigenvalue weighted by atomic mass is 10.2. The van der Waals surface area contributed by atoms with Gasteiger partial charge in [0.1, 0.15) is 28.4 Å². The van der Waals surface area contributed by atoms with E-state index in [2.05, 4.69) is 14.5 Å². The fourth-order valence-corrected chi connectivity index (χ4v) is 2.19. The first-order chi connectivity index (χ1) is 8.35. The van der Waals surface area contributed by atoms with Crippen molar-refractivity contribution in [3.8, 4) is 12.1 Å². The normalized spacial score (nSPS) is 14.8. The standard InChI is InChI=1S/C10H9N5OS/c11-6-8(7-12)5-9-10(17-14-13-9)15-1-3-16-4-2-15/h5H,1-4H2. The van der Waals surface area contributed by atoms with Gasteiger partial charge in [-0.1, -0.05) is 4.49 Å². The highest BCUT2D eigenvalue weighted by molar-refractivity contribution is 7.10. The fraction of sp³-hybridized carbons (Fsp3) is 0.400. The fourth-order valence-electron chi connectivity index (χ4n) is 1.50. The predicted molar refractivity (Wildman–Crippen MR) is 62.1 cm³/mol. The van der Waals surface area contributed by atoms with Gasteiger partial charge in [0.25, 0.3) is 0 Å². The molecule has 0 atom stereocenters. The summed E-state index contributed by atoms with van der Waals surface area (Å²) >= 11 is 1.26. The van der Waals surface area contributed by atoms with Gasteiger partial charge in [-0.05, 0) is 6.08 Å². The quantitative estimate of drug-likeness (QED) is 0.719. The van der Waals surface area contributed by atoms with Gasteiger partial charge in [0.2, 0.25) is 0 Å². The van der Waals surface area contributed by atoms with Crippen LogP contribution < -0.4 is 4.90 Å². The zero-order valence-corrected chi connectivity index (χ0v) is 9.77. The number of hydrogen-bond acceptors (Lipinski definition) is 7. The lowest BCUT2D eigenvalue weighted by Gasteiger charge is -2.27. The van der Waals surface area contributed by atoms with Crippen LogP contribution in [0.5, 0.6) is 0 Å². The van der Waals surface area contributed by atoms with Crippen LogP contribution >= 0.6 is 11.5 Å². The maximum Gasteiger partial charge on any atom is 0.140 e. The van der Waals surface area contributed by atoms with Crippen LogP contribution in [0.1, 0.15) is 5.69 Å². The summed E-state index contributed by atoms with van der Waals surface area (Å²) in [6.45, 7) is 2.90. The van der Waals surface area contributed by atoms with Crippen molar-refractivity contribution < 1.29 is 4.74 Å². The number of nitriles is 2. The Balaban J connectivity index is 2.26. The number of allylic oxidation sites excluding steroid dienone is 1. The van der Waals surface area contributed by atoms with Crippen molar-refractivity contribution in [2.45, 2.75) is 0 Å². The summed E-state index contributed by atoms with van der Waals surface area (Å²) in [4.78, 5) is 2.10. The average molecular weight is 247 g/mol. The minimum atomic E-state index is 0.0345. The molecule has 0 unspecified atom stereocenters. The second-order valence-corrected chi connectivity index (χ2v) is 4.08. The molecular formula is C10H9N5OS. The minimum Gasteiger partial charge on any atom is -0.378 e. The molecule has 0 saturated carbocycles. The zero-order valence-electron chi connectivity index (χ0n) is 8.96. The van der Waals surface area contributed by atoms with E-state index in [4.69, 9.17) is 15.3 Å². The Morgan fingerprint density at radius 1 is 1.35 bits per heavy atom. The van der Waals surface area contributed by atoms with E-state index < -0.39 is 0 Å². The molecular weight excluding hydrogens is 238 g/mol. The summed E-state index contributed by atoms with van der Waals surface area (Å²) in [5, 5.41) is 22.2. The third-order valence-electron chi connectivity index (χ3n) is 2.32. The maximum absolute atomic E-state index is 8.71. The van der Waals surface area contributed by atoms with Gasteiger partial charge in [0.05, 0.1) is 13.2 Å². The molecule has 7 heteroatoms. The van der Waals surface area contributed by atoms with Crippen LogP contribution in [0.3, 0.4) is 0 Å². The SMILES string of the molecule is N#CC(C#N)=Cc1nnsc1N1CCOCC1. The number of aromatic nitrogens is 2.